The molecule has 0 aliphatic heterocycles. The van der Waals surface area contributed by atoms with E-state index in [4.69, 9.17) is 4.74 Å². The summed E-state index contributed by atoms with van der Waals surface area (Å²) in [5.41, 5.74) is 6.40. The van der Waals surface area contributed by atoms with Gasteiger partial charge in [-0.25, -0.2) is 0 Å². The fourth-order valence-electron chi connectivity index (χ4n) is 2.45. The highest BCUT2D eigenvalue weighted by Gasteiger charge is 2.05. The van der Waals surface area contributed by atoms with Crippen LogP contribution in [0.4, 0.5) is 5.69 Å². The Hall–Kier alpha value is -1.48. The van der Waals surface area contributed by atoms with Gasteiger partial charge in [-0.3, -0.25) is 0 Å². The highest BCUT2D eigenvalue weighted by Crippen LogP contribution is 2.28. The van der Waals surface area contributed by atoms with Gasteiger partial charge in [0.15, 0.2) is 0 Å². The van der Waals surface area contributed by atoms with Crippen LogP contribution in [0.5, 0.6) is 5.75 Å². The summed E-state index contributed by atoms with van der Waals surface area (Å²) in [6.07, 6.45) is 0. The molecule has 2 rings (SSSR count). The van der Waals surface area contributed by atoms with Gasteiger partial charge >= 0.3 is 0 Å². The second-order valence-corrected chi connectivity index (χ2v) is 5.93. The Balaban J connectivity index is 2.17. The normalized spacial score (nSPS) is 10.4. The highest BCUT2D eigenvalue weighted by atomic mass is 79.9. The minimum atomic E-state index is 0.822. The van der Waals surface area contributed by atoms with Gasteiger partial charge in [-0.1, -0.05) is 17.7 Å². The van der Waals surface area contributed by atoms with Gasteiger partial charge in [-0.2, -0.15) is 0 Å². The van der Waals surface area contributed by atoms with E-state index in [9.17, 15) is 0 Å². The van der Waals surface area contributed by atoms with E-state index in [-0.39, 0.29) is 0 Å². The Bertz CT molecular complexity index is 599. The Morgan fingerprint density at radius 3 is 2.30 bits per heavy atom. The molecular weight excluding hydrogens is 314 g/mol. The molecule has 0 heterocycles. The molecule has 0 aliphatic rings. The lowest BCUT2D eigenvalue weighted by Crippen LogP contribution is -2.04. The summed E-state index contributed by atoms with van der Waals surface area (Å²) in [5, 5.41) is 3.46. The van der Waals surface area contributed by atoms with Crippen molar-refractivity contribution in [1.82, 2.24) is 0 Å². The zero-order valence-corrected chi connectivity index (χ0v) is 14.0. The highest BCUT2D eigenvalue weighted by molar-refractivity contribution is 9.10. The lowest BCUT2D eigenvalue weighted by molar-refractivity contribution is 0.412. The number of nitrogens with one attached hydrogen (secondary N) is 1. The summed E-state index contributed by atoms with van der Waals surface area (Å²) >= 11 is 3.47. The molecule has 0 aliphatic carbocycles. The van der Waals surface area contributed by atoms with Crippen LogP contribution in [-0.4, -0.2) is 7.11 Å². The largest absolute Gasteiger partial charge is 0.495 e. The Labute approximate surface area is 129 Å². The number of hydrogen-bond donors (Lipinski definition) is 1. The Morgan fingerprint density at radius 1 is 1.05 bits per heavy atom. The van der Waals surface area contributed by atoms with Crippen molar-refractivity contribution >= 4 is 21.6 Å². The molecule has 0 bridgehead atoms. The molecule has 0 amide bonds. The summed E-state index contributed by atoms with van der Waals surface area (Å²) in [6.45, 7) is 7.29. The minimum Gasteiger partial charge on any atom is -0.495 e. The van der Waals surface area contributed by atoms with Crippen LogP contribution < -0.4 is 10.1 Å². The molecule has 0 unspecified atom stereocenters. The predicted octanol–water partition coefficient (Wildman–Crippen LogP) is 5.00. The zero-order chi connectivity index (χ0) is 14.7. The summed E-state index contributed by atoms with van der Waals surface area (Å²) in [5.74, 6) is 0.840. The number of aryl methyl sites for hydroxylation is 3. The van der Waals surface area contributed by atoms with Gasteiger partial charge in [0, 0.05) is 18.3 Å². The Kier molecular flexibility index (Phi) is 4.71. The molecule has 0 atom stereocenters. The minimum absolute atomic E-state index is 0.822. The van der Waals surface area contributed by atoms with Crippen LogP contribution in [0.25, 0.3) is 0 Å². The molecule has 0 spiro atoms. The number of anilines is 1. The van der Waals surface area contributed by atoms with E-state index in [1.807, 2.05) is 18.2 Å². The molecule has 2 aromatic carbocycles. The number of hydrogen-bond acceptors (Lipinski definition) is 2. The van der Waals surface area contributed by atoms with Crippen LogP contribution >= 0.6 is 15.9 Å². The number of halogens is 1. The van der Waals surface area contributed by atoms with E-state index >= 15 is 0 Å². The third-order valence-electron chi connectivity index (χ3n) is 3.46. The van der Waals surface area contributed by atoms with Gasteiger partial charge in [0.05, 0.1) is 11.6 Å². The first-order chi connectivity index (χ1) is 9.51. The van der Waals surface area contributed by atoms with Crippen LogP contribution in [0.2, 0.25) is 0 Å². The maximum Gasteiger partial charge on any atom is 0.135 e. The Morgan fingerprint density at radius 2 is 1.70 bits per heavy atom. The SMILES string of the molecule is COc1cc(NCc2c(C)cc(C)cc2C)ccc1Br. The van der Waals surface area contributed by atoms with E-state index < -0.39 is 0 Å². The molecule has 20 heavy (non-hydrogen) atoms. The molecule has 0 fully saturated rings. The average molecular weight is 334 g/mol. The number of ether oxygens (including phenoxy) is 1. The molecule has 106 valence electrons. The van der Waals surface area contributed by atoms with Crippen molar-refractivity contribution in [2.45, 2.75) is 27.3 Å². The smallest absolute Gasteiger partial charge is 0.135 e. The zero-order valence-electron chi connectivity index (χ0n) is 12.4. The average Bonchev–Trinajstić information content (AvgIpc) is 2.39. The van der Waals surface area contributed by atoms with Crippen LogP contribution in [0.1, 0.15) is 22.3 Å². The summed E-state index contributed by atoms with van der Waals surface area (Å²) in [7, 11) is 1.68. The van der Waals surface area contributed by atoms with Crippen molar-refractivity contribution in [2.75, 3.05) is 12.4 Å². The third-order valence-corrected chi connectivity index (χ3v) is 4.12. The van der Waals surface area contributed by atoms with E-state index in [2.05, 4.69) is 54.2 Å². The van der Waals surface area contributed by atoms with Crippen molar-refractivity contribution in [3.63, 3.8) is 0 Å². The predicted molar refractivity (Wildman–Crippen MR) is 88.7 cm³/mol. The lowest BCUT2D eigenvalue weighted by Gasteiger charge is -2.14. The number of benzene rings is 2. The maximum absolute atomic E-state index is 5.31. The fraction of sp³-hybridized carbons (Fsp3) is 0.294. The lowest BCUT2D eigenvalue weighted by atomic mass is 10.00. The maximum atomic E-state index is 5.31. The van der Waals surface area contributed by atoms with Gasteiger partial charge in [0.1, 0.15) is 5.75 Å². The molecule has 0 aromatic heterocycles. The van der Waals surface area contributed by atoms with Crippen LogP contribution in [0, 0.1) is 20.8 Å². The first-order valence-electron chi connectivity index (χ1n) is 6.65. The van der Waals surface area contributed by atoms with Crippen molar-refractivity contribution in [3.05, 3.63) is 57.1 Å². The molecule has 0 saturated heterocycles. The van der Waals surface area contributed by atoms with Crippen LogP contribution in [0.3, 0.4) is 0 Å². The van der Waals surface area contributed by atoms with Crippen LogP contribution in [0.15, 0.2) is 34.8 Å². The summed E-state index contributed by atoms with van der Waals surface area (Å²) < 4.78 is 6.28. The molecule has 1 N–H and O–H groups in total. The van der Waals surface area contributed by atoms with Gasteiger partial charge in [-0.05, 0) is 65.5 Å². The van der Waals surface area contributed by atoms with Crippen LogP contribution in [-0.2, 0) is 6.54 Å². The fourth-order valence-corrected chi connectivity index (χ4v) is 2.86. The topological polar surface area (TPSA) is 21.3 Å². The number of methoxy groups -OCH3 is 1. The molecule has 2 aromatic rings. The van der Waals surface area contributed by atoms with Crippen molar-refractivity contribution in [1.29, 1.82) is 0 Å². The monoisotopic (exact) mass is 333 g/mol. The molecule has 2 nitrogen and oxygen atoms in total. The van der Waals surface area contributed by atoms with Gasteiger partial charge < -0.3 is 10.1 Å². The third kappa shape index (κ3) is 3.34. The summed E-state index contributed by atoms with van der Waals surface area (Å²) in [6, 6.07) is 10.5. The molecule has 0 radical (unpaired) electrons. The molecule has 3 heteroatoms. The van der Waals surface area contributed by atoms with E-state index in [1.165, 1.54) is 22.3 Å². The van der Waals surface area contributed by atoms with Crippen molar-refractivity contribution < 1.29 is 4.74 Å². The van der Waals surface area contributed by atoms with Gasteiger partial charge in [0.2, 0.25) is 0 Å². The molecular formula is C17H20BrNO. The first kappa shape index (κ1) is 14.9. The number of rotatable bonds is 4. The second kappa shape index (κ2) is 6.31. The van der Waals surface area contributed by atoms with Crippen molar-refractivity contribution in [3.8, 4) is 5.75 Å². The van der Waals surface area contributed by atoms with Gasteiger partial charge in [0.25, 0.3) is 0 Å². The van der Waals surface area contributed by atoms with E-state index in [0.717, 1.165) is 22.5 Å². The van der Waals surface area contributed by atoms with E-state index in [0.29, 0.717) is 0 Å². The van der Waals surface area contributed by atoms with Gasteiger partial charge in [-0.15, -0.1) is 0 Å². The first-order valence-corrected chi connectivity index (χ1v) is 7.44. The standard InChI is InChI=1S/C17H20BrNO/c1-11-7-12(2)15(13(3)8-11)10-19-14-5-6-16(18)17(9-14)20-4/h5-9,19H,10H2,1-4H3. The summed E-state index contributed by atoms with van der Waals surface area (Å²) in [4.78, 5) is 0. The van der Waals surface area contributed by atoms with E-state index in [1.54, 1.807) is 7.11 Å². The van der Waals surface area contributed by atoms with Crippen molar-refractivity contribution in [2.24, 2.45) is 0 Å². The quantitative estimate of drug-likeness (QED) is 0.850. The molecule has 0 saturated carbocycles. The second-order valence-electron chi connectivity index (χ2n) is 5.08.